The molecule has 0 saturated heterocycles. The minimum absolute atomic E-state index is 0.0887. The fourth-order valence-electron chi connectivity index (χ4n) is 1.44. The second-order valence-corrected chi connectivity index (χ2v) is 6.18. The first-order chi connectivity index (χ1) is 7.80. The van der Waals surface area contributed by atoms with E-state index in [0.29, 0.717) is 12.8 Å². The van der Waals surface area contributed by atoms with E-state index in [0.717, 1.165) is 11.8 Å². The number of hydrogen-bond acceptors (Lipinski definition) is 3. The molecule has 0 heterocycles. The molecule has 94 valence electrons. The van der Waals surface area contributed by atoms with Gasteiger partial charge >= 0.3 is 5.97 Å². The van der Waals surface area contributed by atoms with Crippen molar-refractivity contribution >= 4 is 27.4 Å². The molecule has 0 radical (unpaired) electrons. The van der Waals surface area contributed by atoms with Gasteiger partial charge in [-0.3, -0.25) is 4.79 Å². The Morgan fingerprint density at radius 1 is 1.41 bits per heavy atom. The van der Waals surface area contributed by atoms with E-state index >= 15 is 0 Å². The summed E-state index contributed by atoms with van der Waals surface area (Å²) in [6.45, 7) is 0. The summed E-state index contributed by atoms with van der Waals surface area (Å²) in [5.41, 5.74) is 0.837. The van der Waals surface area contributed by atoms with Crippen molar-refractivity contribution in [3.63, 3.8) is 0 Å². The fraction of sp³-hybridized carbons (Fsp3) is 0.364. The molecule has 0 fully saturated rings. The van der Waals surface area contributed by atoms with Crippen molar-refractivity contribution in [2.45, 2.75) is 24.2 Å². The molecule has 1 rings (SSSR count). The number of carboxylic acid groups (broad SMARTS) is 1. The van der Waals surface area contributed by atoms with Gasteiger partial charge < -0.3 is 5.11 Å². The molecular formula is C11H13ClO4S. The van der Waals surface area contributed by atoms with Crippen LogP contribution in [-0.4, -0.2) is 25.7 Å². The average Bonchev–Trinajstić information content (AvgIpc) is 2.14. The van der Waals surface area contributed by atoms with Crippen LogP contribution in [0.15, 0.2) is 23.1 Å². The van der Waals surface area contributed by atoms with Crippen molar-refractivity contribution in [1.82, 2.24) is 0 Å². The van der Waals surface area contributed by atoms with Crippen molar-refractivity contribution in [3.05, 3.63) is 28.8 Å². The summed E-state index contributed by atoms with van der Waals surface area (Å²) in [6, 6.07) is 4.68. The highest BCUT2D eigenvalue weighted by Gasteiger charge is 2.12. The van der Waals surface area contributed by atoms with E-state index in [1.54, 1.807) is 12.1 Å². The van der Waals surface area contributed by atoms with Gasteiger partial charge in [-0.1, -0.05) is 17.7 Å². The summed E-state index contributed by atoms with van der Waals surface area (Å²) < 4.78 is 22.6. The Kier molecular flexibility index (Phi) is 4.54. The Labute approximate surface area is 105 Å². The molecule has 4 nitrogen and oxygen atoms in total. The molecule has 17 heavy (non-hydrogen) atoms. The first-order valence-electron chi connectivity index (χ1n) is 5.01. The lowest BCUT2D eigenvalue weighted by molar-refractivity contribution is -0.137. The predicted molar refractivity (Wildman–Crippen MR) is 65.1 cm³/mol. The highest BCUT2D eigenvalue weighted by Crippen LogP contribution is 2.23. The van der Waals surface area contributed by atoms with Gasteiger partial charge in [0.15, 0.2) is 9.84 Å². The van der Waals surface area contributed by atoms with Crippen molar-refractivity contribution in [2.24, 2.45) is 0 Å². The van der Waals surface area contributed by atoms with E-state index in [-0.39, 0.29) is 16.3 Å². The predicted octanol–water partition coefficient (Wildman–Crippen LogP) is 2.15. The molecule has 1 N–H and O–H groups in total. The number of aliphatic carboxylic acids is 1. The molecule has 0 aliphatic carbocycles. The largest absolute Gasteiger partial charge is 0.481 e. The lowest BCUT2D eigenvalue weighted by Gasteiger charge is -2.05. The van der Waals surface area contributed by atoms with Gasteiger partial charge in [0.1, 0.15) is 0 Å². The Bertz CT molecular complexity index is 522. The van der Waals surface area contributed by atoms with Crippen molar-refractivity contribution in [1.29, 1.82) is 0 Å². The summed E-state index contributed by atoms with van der Waals surface area (Å²) in [6.07, 6.45) is 2.25. The molecular weight excluding hydrogens is 264 g/mol. The molecule has 0 aliphatic heterocycles. The van der Waals surface area contributed by atoms with Crippen LogP contribution >= 0.6 is 11.6 Å². The number of rotatable bonds is 5. The molecule has 0 unspecified atom stereocenters. The van der Waals surface area contributed by atoms with Gasteiger partial charge in [0, 0.05) is 12.7 Å². The molecule has 6 heteroatoms. The Morgan fingerprint density at radius 3 is 2.53 bits per heavy atom. The van der Waals surface area contributed by atoms with Crippen molar-refractivity contribution in [2.75, 3.05) is 6.26 Å². The number of aryl methyl sites for hydroxylation is 1. The number of halogens is 1. The zero-order valence-electron chi connectivity index (χ0n) is 9.31. The first kappa shape index (κ1) is 14.0. The summed E-state index contributed by atoms with van der Waals surface area (Å²) in [5.74, 6) is -0.844. The Balaban J connectivity index is 2.79. The van der Waals surface area contributed by atoms with Crippen LogP contribution in [0.1, 0.15) is 18.4 Å². The lowest BCUT2D eigenvalue weighted by Crippen LogP contribution is -1.99. The SMILES string of the molecule is CS(=O)(=O)c1ccc(CCCC(=O)O)cc1Cl. The Morgan fingerprint density at radius 2 is 2.06 bits per heavy atom. The molecule has 0 amide bonds. The standard InChI is InChI=1S/C11H13ClO4S/c1-17(15,16)10-6-5-8(7-9(10)12)3-2-4-11(13)14/h5-7H,2-4H2,1H3,(H,13,14). The quantitative estimate of drug-likeness (QED) is 0.894. The fourth-order valence-corrected chi connectivity index (χ4v) is 2.80. The van der Waals surface area contributed by atoms with Crippen molar-refractivity contribution < 1.29 is 18.3 Å². The number of sulfone groups is 1. The molecule has 0 bridgehead atoms. The molecule has 1 aromatic carbocycles. The van der Waals surface area contributed by atoms with Gasteiger partial charge in [-0.2, -0.15) is 0 Å². The van der Waals surface area contributed by atoms with Gasteiger partial charge in [0.2, 0.25) is 0 Å². The molecule has 0 saturated carbocycles. The summed E-state index contributed by atoms with van der Waals surface area (Å²) in [7, 11) is -3.31. The molecule has 1 aromatic rings. The third-order valence-corrected chi connectivity index (χ3v) is 3.83. The highest BCUT2D eigenvalue weighted by molar-refractivity contribution is 7.90. The van der Waals surface area contributed by atoms with Crippen LogP contribution in [0.4, 0.5) is 0 Å². The minimum atomic E-state index is -3.31. The Hall–Kier alpha value is -1.07. The second-order valence-electron chi connectivity index (χ2n) is 3.78. The summed E-state index contributed by atoms with van der Waals surface area (Å²) in [4.78, 5) is 10.4. The maximum atomic E-state index is 11.3. The summed E-state index contributed by atoms with van der Waals surface area (Å²) in [5, 5.41) is 8.67. The van der Waals surface area contributed by atoms with E-state index in [4.69, 9.17) is 16.7 Å². The van der Waals surface area contributed by atoms with E-state index in [1.165, 1.54) is 6.07 Å². The normalized spacial score (nSPS) is 11.4. The van der Waals surface area contributed by atoms with Crippen LogP contribution < -0.4 is 0 Å². The van der Waals surface area contributed by atoms with Crippen LogP contribution in [-0.2, 0) is 21.1 Å². The third kappa shape index (κ3) is 4.36. The molecule has 0 spiro atoms. The van der Waals surface area contributed by atoms with Crippen LogP contribution in [0, 0.1) is 0 Å². The van der Waals surface area contributed by atoms with E-state index in [2.05, 4.69) is 0 Å². The number of carboxylic acids is 1. The van der Waals surface area contributed by atoms with E-state index < -0.39 is 15.8 Å². The van der Waals surface area contributed by atoms with Crippen LogP contribution in [0.5, 0.6) is 0 Å². The first-order valence-corrected chi connectivity index (χ1v) is 7.28. The van der Waals surface area contributed by atoms with E-state index in [9.17, 15) is 13.2 Å². The maximum Gasteiger partial charge on any atom is 0.303 e. The van der Waals surface area contributed by atoms with Gasteiger partial charge in [0.05, 0.1) is 9.92 Å². The van der Waals surface area contributed by atoms with E-state index in [1.807, 2.05) is 0 Å². The molecule has 0 atom stereocenters. The zero-order chi connectivity index (χ0) is 13.1. The maximum absolute atomic E-state index is 11.3. The molecule has 0 aromatic heterocycles. The minimum Gasteiger partial charge on any atom is -0.481 e. The topological polar surface area (TPSA) is 71.4 Å². The summed E-state index contributed by atoms with van der Waals surface area (Å²) >= 11 is 5.86. The second kappa shape index (κ2) is 5.51. The van der Waals surface area contributed by atoms with Gasteiger partial charge in [0.25, 0.3) is 0 Å². The van der Waals surface area contributed by atoms with Gasteiger partial charge in [-0.05, 0) is 30.5 Å². The monoisotopic (exact) mass is 276 g/mol. The van der Waals surface area contributed by atoms with Crippen molar-refractivity contribution in [3.8, 4) is 0 Å². The number of carbonyl (C=O) groups is 1. The van der Waals surface area contributed by atoms with Gasteiger partial charge in [-0.25, -0.2) is 8.42 Å². The van der Waals surface area contributed by atoms with Crippen LogP contribution in [0.2, 0.25) is 5.02 Å². The van der Waals surface area contributed by atoms with Crippen LogP contribution in [0.25, 0.3) is 0 Å². The zero-order valence-corrected chi connectivity index (χ0v) is 10.9. The lowest BCUT2D eigenvalue weighted by atomic mass is 10.1. The average molecular weight is 277 g/mol. The highest BCUT2D eigenvalue weighted by atomic mass is 35.5. The van der Waals surface area contributed by atoms with Gasteiger partial charge in [-0.15, -0.1) is 0 Å². The number of benzene rings is 1. The smallest absolute Gasteiger partial charge is 0.303 e. The van der Waals surface area contributed by atoms with Crippen LogP contribution in [0.3, 0.4) is 0 Å². The number of hydrogen-bond donors (Lipinski definition) is 1. The molecule has 0 aliphatic rings. The third-order valence-electron chi connectivity index (χ3n) is 2.25.